The number of hydrogen-bond acceptors (Lipinski definition) is 4. The van der Waals surface area contributed by atoms with Crippen LogP contribution in [0.15, 0.2) is 18.3 Å². The van der Waals surface area contributed by atoms with E-state index in [-0.39, 0.29) is 0 Å². The number of hydrogen-bond donors (Lipinski definition) is 2. The van der Waals surface area contributed by atoms with Crippen LogP contribution in [0.5, 0.6) is 0 Å². The van der Waals surface area contributed by atoms with Gasteiger partial charge < -0.3 is 11.1 Å². The minimum Gasteiger partial charge on any atom is -0.399 e. The lowest BCUT2D eigenvalue weighted by molar-refractivity contribution is 0.192. The summed E-state index contributed by atoms with van der Waals surface area (Å²) in [5.41, 5.74) is 6.55. The van der Waals surface area contributed by atoms with Crippen LogP contribution in [-0.2, 0) is 0 Å². The van der Waals surface area contributed by atoms with E-state index in [0.717, 1.165) is 11.5 Å². The highest BCUT2D eigenvalue weighted by Gasteiger charge is 2.35. The number of piperidine rings is 1. The molecule has 17 heavy (non-hydrogen) atoms. The maximum Gasteiger partial charge on any atom is 0.128 e. The van der Waals surface area contributed by atoms with Gasteiger partial charge >= 0.3 is 0 Å². The minimum atomic E-state index is 0.546. The molecule has 0 aliphatic carbocycles. The third-order valence-electron chi connectivity index (χ3n) is 3.97. The molecule has 0 amide bonds. The molecule has 3 N–H and O–H groups in total. The summed E-state index contributed by atoms with van der Waals surface area (Å²) >= 11 is 0. The normalized spacial score (nSPS) is 28.9. The first kappa shape index (κ1) is 10.8. The van der Waals surface area contributed by atoms with Crippen LogP contribution >= 0.6 is 0 Å². The van der Waals surface area contributed by atoms with Crippen LogP contribution in [0.25, 0.3) is 0 Å². The summed E-state index contributed by atoms with van der Waals surface area (Å²) in [6.45, 7) is 2.50. The predicted molar refractivity (Wildman–Crippen MR) is 69.9 cm³/mol. The molecule has 3 rings (SSSR count). The SMILES string of the molecule is Nc1ccnc(NC2CCN3CCCCC23)c1. The molecule has 3 heterocycles. The van der Waals surface area contributed by atoms with Crippen LogP contribution in [0.2, 0.25) is 0 Å². The van der Waals surface area contributed by atoms with Crippen molar-refractivity contribution in [1.29, 1.82) is 0 Å². The molecule has 1 aromatic rings. The molecule has 2 unspecified atom stereocenters. The van der Waals surface area contributed by atoms with Crippen molar-refractivity contribution in [2.45, 2.75) is 37.8 Å². The highest BCUT2D eigenvalue weighted by molar-refractivity contribution is 5.49. The Bertz CT molecular complexity index is 393. The van der Waals surface area contributed by atoms with Gasteiger partial charge in [0.05, 0.1) is 0 Å². The Morgan fingerprint density at radius 3 is 3.12 bits per heavy atom. The number of anilines is 2. The van der Waals surface area contributed by atoms with Crippen LogP contribution in [0.1, 0.15) is 25.7 Å². The van der Waals surface area contributed by atoms with Gasteiger partial charge in [-0.1, -0.05) is 6.42 Å². The topological polar surface area (TPSA) is 54.2 Å². The van der Waals surface area contributed by atoms with Gasteiger partial charge in [0.25, 0.3) is 0 Å². The predicted octanol–water partition coefficient (Wildman–Crippen LogP) is 1.70. The fourth-order valence-electron chi connectivity index (χ4n) is 3.13. The number of aromatic nitrogens is 1. The van der Waals surface area contributed by atoms with Gasteiger partial charge in [-0.05, 0) is 31.9 Å². The van der Waals surface area contributed by atoms with Gasteiger partial charge in [-0.3, -0.25) is 4.90 Å². The molecule has 0 aromatic carbocycles. The summed E-state index contributed by atoms with van der Waals surface area (Å²) < 4.78 is 0. The molecule has 2 saturated heterocycles. The second-order valence-corrected chi connectivity index (χ2v) is 5.11. The lowest BCUT2D eigenvalue weighted by atomic mass is 9.99. The first-order valence-electron chi connectivity index (χ1n) is 6.55. The first-order chi connectivity index (χ1) is 8.33. The third kappa shape index (κ3) is 2.22. The van der Waals surface area contributed by atoms with E-state index < -0.39 is 0 Å². The number of rotatable bonds is 2. The van der Waals surface area contributed by atoms with Crippen molar-refractivity contribution in [3.05, 3.63) is 18.3 Å². The minimum absolute atomic E-state index is 0.546. The molecule has 2 aliphatic heterocycles. The first-order valence-corrected chi connectivity index (χ1v) is 6.55. The summed E-state index contributed by atoms with van der Waals surface area (Å²) in [6.07, 6.45) is 7.04. The summed E-state index contributed by atoms with van der Waals surface area (Å²) in [4.78, 5) is 6.95. The molecule has 0 saturated carbocycles. The van der Waals surface area contributed by atoms with E-state index in [0.29, 0.717) is 12.1 Å². The van der Waals surface area contributed by atoms with Crippen LogP contribution in [0.3, 0.4) is 0 Å². The Hall–Kier alpha value is -1.29. The van der Waals surface area contributed by atoms with Crippen LogP contribution in [0.4, 0.5) is 11.5 Å². The van der Waals surface area contributed by atoms with Gasteiger partial charge in [-0.2, -0.15) is 0 Å². The number of fused-ring (bicyclic) bond motifs is 1. The van der Waals surface area contributed by atoms with Crippen molar-refractivity contribution in [2.24, 2.45) is 0 Å². The van der Waals surface area contributed by atoms with Crippen LogP contribution in [-0.4, -0.2) is 35.1 Å². The van der Waals surface area contributed by atoms with Gasteiger partial charge in [0.15, 0.2) is 0 Å². The fourth-order valence-corrected chi connectivity index (χ4v) is 3.13. The van der Waals surface area contributed by atoms with Crippen molar-refractivity contribution in [2.75, 3.05) is 24.1 Å². The van der Waals surface area contributed by atoms with Crippen molar-refractivity contribution in [3.8, 4) is 0 Å². The van der Waals surface area contributed by atoms with E-state index in [4.69, 9.17) is 5.73 Å². The van der Waals surface area contributed by atoms with E-state index in [2.05, 4.69) is 15.2 Å². The average Bonchev–Trinajstić information content (AvgIpc) is 2.73. The third-order valence-corrected chi connectivity index (χ3v) is 3.97. The Balaban J connectivity index is 1.69. The van der Waals surface area contributed by atoms with E-state index in [1.807, 2.05) is 12.1 Å². The number of nitrogen functional groups attached to an aromatic ring is 1. The summed E-state index contributed by atoms with van der Waals surface area (Å²) in [6, 6.07) is 5.00. The fraction of sp³-hybridized carbons (Fsp3) is 0.615. The van der Waals surface area contributed by atoms with Crippen molar-refractivity contribution in [1.82, 2.24) is 9.88 Å². The average molecular weight is 232 g/mol. The zero-order valence-corrected chi connectivity index (χ0v) is 10.1. The van der Waals surface area contributed by atoms with Crippen LogP contribution < -0.4 is 11.1 Å². The maximum absolute atomic E-state index is 5.77. The molecule has 92 valence electrons. The Morgan fingerprint density at radius 2 is 2.24 bits per heavy atom. The second-order valence-electron chi connectivity index (χ2n) is 5.11. The Labute approximate surface area is 102 Å². The van der Waals surface area contributed by atoms with Crippen molar-refractivity contribution < 1.29 is 0 Å². The van der Waals surface area contributed by atoms with E-state index in [9.17, 15) is 0 Å². The highest BCUT2D eigenvalue weighted by Crippen LogP contribution is 2.29. The van der Waals surface area contributed by atoms with Gasteiger partial charge in [0, 0.05) is 36.6 Å². The monoisotopic (exact) mass is 232 g/mol. The van der Waals surface area contributed by atoms with E-state index in [1.165, 1.54) is 38.8 Å². The maximum atomic E-state index is 5.77. The zero-order chi connectivity index (χ0) is 11.7. The molecule has 2 atom stereocenters. The number of nitrogens with two attached hydrogens (primary N) is 1. The zero-order valence-electron chi connectivity index (χ0n) is 10.1. The molecule has 0 radical (unpaired) electrons. The van der Waals surface area contributed by atoms with Gasteiger partial charge in [0.2, 0.25) is 0 Å². The lowest BCUT2D eigenvalue weighted by Crippen LogP contribution is -2.41. The molecule has 0 bridgehead atoms. The van der Waals surface area contributed by atoms with Crippen molar-refractivity contribution >= 4 is 11.5 Å². The Morgan fingerprint density at radius 1 is 1.29 bits per heavy atom. The lowest BCUT2D eigenvalue weighted by Gasteiger charge is -2.32. The molecule has 2 fully saturated rings. The number of nitrogens with one attached hydrogen (secondary N) is 1. The summed E-state index contributed by atoms with van der Waals surface area (Å²) in [5.74, 6) is 0.919. The van der Waals surface area contributed by atoms with E-state index in [1.54, 1.807) is 6.20 Å². The number of nitrogens with zero attached hydrogens (tertiary/aromatic N) is 2. The highest BCUT2D eigenvalue weighted by atomic mass is 15.2. The molecule has 2 aliphatic rings. The molecule has 4 heteroatoms. The smallest absolute Gasteiger partial charge is 0.128 e. The van der Waals surface area contributed by atoms with Crippen molar-refractivity contribution in [3.63, 3.8) is 0 Å². The number of pyridine rings is 1. The molecule has 1 aromatic heterocycles. The van der Waals surface area contributed by atoms with Gasteiger partial charge in [-0.15, -0.1) is 0 Å². The van der Waals surface area contributed by atoms with Crippen LogP contribution in [0, 0.1) is 0 Å². The molecular weight excluding hydrogens is 212 g/mol. The largest absolute Gasteiger partial charge is 0.399 e. The molecule has 4 nitrogen and oxygen atoms in total. The summed E-state index contributed by atoms with van der Waals surface area (Å²) in [5, 5.41) is 3.55. The quantitative estimate of drug-likeness (QED) is 0.815. The van der Waals surface area contributed by atoms with E-state index >= 15 is 0 Å². The summed E-state index contributed by atoms with van der Waals surface area (Å²) in [7, 11) is 0. The molecular formula is C13H20N4. The second kappa shape index (κ2) is 4.53. The van der Waals surface area contributed by atoms with Gasteiger partial charge in [0.1, 0.15) is 5.82 Å². The molecule has 0 spiro atoms. The van der Waals surface area contributed by atoms with Gasteiger partial charge in [-0.25, -0.2) is 4.98 Å². The Kier molecular flexibility index (Phi) is 2.89. The standard InChI is InChI=1S/C13H20N4/c14-10-4-6-15-13(9-10)16-11-5-8-17-7-2-1-3-12(11)17/h4,6,9,11-12H,1-3,5,7-8H2,(H3,14,15,16).